The molecule has 1 heterocycles. The van der Waals surface area contributed by atoms with Crippen LogP contribution in [0.2, 0.25) is 0 Å². The summed E-state index contributed by atoms with van der Waals surface area (Å²) in [5, 5.41) is 0. The van der Waals surface area contributed by atoms with Gasteiger partial charge in [-0.3, -0.25) is 4.31 Å². The molecule has 1 aromatic rings. The van der Waals surface area contributed by atoms with Crippen molar-refractivity contribution in [3.8, 4) is 0 Å². The first-order valence-electron chi connectivity index (χ1n) is 9.17. The summed E-state index contributed by atoms with van der Waals surface area (Å²) < 4.78 is 27.7. The summed E-state index contributed by atoms with van der Waals surface area (Å²) >= 11 is 0. The molecule has 0 aromatic heterocycles. The Morgan fingerprint density at radius 1 is 1.08 bits per heavy atom. The summed E-state index contributed by atoms with van der Waals surface area (Å²) in [6, 6.07) is 7.21. The van der Waals surface area contributed by atoms with Crippen LogP contribution in [-0.4, -0.2) is 19.3 Å². The van der Waals surface area contributed by atoms with Crippen LogP contribution < -0.4 is 0 Å². The van der Waals surface area contributed by atoms with Gasteiger partial charge in [0.2, 0.25) is 0 Å². The van der Waals surface area contributed by atoms with Crippen molar-refractivity contribution in [1.29, 1.82) is 0 Å². The minimum atomic E-state index is -3.44. The highest BCUT2D eigenvalue weighted by Crippen LogP contribution is 2.83. The topological polar surface area (TPSA) is 37.4 Å². The average molecular weight is 343 g/mol. The van der Waals surface area contributed by atoms with E-state index in [0.717, 1.165) is 17.4 Å². The molecule has 0 radical (unpaired) electrons. The maximum Gasteiger partial charge on any atom is 0.263 e. The van der Waals surface area contributed by atoms with E-state index in [9.17, 15) is 8.42 Å². The van der Waals surface area contributed by atoms with Crippen molar-refractivity contribution >= 4 is 10.0 Å². The zero-order valence-corrected chi connectivity index (χ0v) is 15.2. The van der Waals surface area contributed by atoms with Crippen LogP contribution in [0.5, 0.6) is 0 Å². The van der Waals surface area contributed by atoms with E-state index in [1.807, 2.05) is 25.3 Å². The monoisotopic (exact) mass is 343 g/mol. The van der Waals surface area contributed by atoms with Crippen LogP contribution in [0.15, 0.2) is 41.4 Å². The molecule has 24 heavy (non-hydrogen) atoms. The highest BCUT2D eigenvalue weighted by atomic mass is 32.2. The summed E-state index contributed by atoms with van der Waals surface area (Å²) in [5.74, 6) is 2.34. The maximum atomic E-state index is 13.1. The Hall–Kier alpha value is -1.29. The normalized spacial score (nSPS) is 38.1. The Morgan fingerprint density at radius 2 is 1.75 bits per heavy atom. The van der Waals surface area contributed by atoms with Crippen LogP contribution in [0.25, 0.3) is 0 Å². The van der Waals surface area contributed by atoms with Gasteiger partial charge in [-0.25, -0.2) is 8.42 Å². The van der Waals surface area contributed by atoms with Crippen LogP contribution in [0.1, 0.15) is 38.2 Å². The maximum absolute atomic E-state index is 13.1. The second-order valence-electron chi connectivity index (χ2n) is 8.62. The van der Waals surface area contributed by atoms with Crippen LogP contribution in [0, 0.1) is 35.5 Å². The Bertz CT molecular complexity index is 820. The van der Waals surface area contributed by atoms with E-state index in [1.54, 1.807) is 16.4 Å². The summed E-state index contributed by atoms with van der Waals surface area (Å²) in [6.45, 7) is 4.97. The van der Waals surface area contributed by atoms with Gasteiger partial charge >= 0.3 is 0 Å². The third kappa shape index (κ3) is 1.81. The van der Waals surface area contributed by atoms with Crippen molar-refractivity contribution in [1.82, 2.24) is 4.31 Å². The number of benzene rings is 1. The van der Waals surface area contributed by atoms with Crippen molar-refractivity contribution in [2.45, 2.75) is 44.4 Å². The van der Waals surface area contributed by atoms with Crippen molar-refractivity contribution < 1.29 is 8.42 Å². The molecule has 3 unspecified atom stereocenters. The predicted molar refractivity (Wildman–Crippen MR) is 93.7 cm³/mol. The molecule has 3 saturated carbocycles. The molecule has 3 aliphatic carbocycles. The van der Waals surface area contributed by atoms with E-state index in [2.05, 4.69) is 13.0 Å². The molecule has 0 saturated heterocycles. The third-order valence-corrected chi connectivity index (χ3v) is 8.82. The van der Waals surface area contributed by atoms with Gasteiger partial charge in [-0.1, -0.05) is 30.7 Å². The first-order chi connectivity index (χ1) is 11.4. The third-order valence-electron chi connectivity index (χ3n) is 7.08. The Labute approximate surface area is 144 Å². The molecule has 4 aliphatic rings. The number of hydrogen-bond acceptors (Lipinski definition) is 2. The number of aryl methyl sites for hydroxylation is 1. The molecule has 3 atom stereocenters. The zero-order valence-electron chi connectivity index (χ0n) is 14.4. The first kappa shape index (κ1) is 15.0. The lowest BCUT2D eigenvalue weighted by atomic mass is 9.87. The Morgan fingerprint density at radius 3 is 2.33 bits per heavy atom. The minimum absolute atomic E-state index is 0.141. The summed E-state index contributed by atoms with van der Waals surface area (Å²) in [6.07, 6.45) is 9.50. The molecule has 0 N–H and O–H groups in total. The lowest BCUT2D eigenvalue weighted by Gasteiger charge is -2.32. The molecule has 4 heteroatoms. The molecule has 3 fully saturated rings. The van der Waals surface area contributed by atoms with Crippen LogP contribution in [0.4, 0.5) is 0 Å². The molecule has 1 aliphatic heterocycles. The number of allylic oxidation sites excluding steroid dienone is 1. The van der Waals surface area contributed by atoms with Crippen LogP contribution in [0.3, 0.4) is 0 Å². The molecular formula is C20H25NO2S. The van der Waals surface area contributed by atoms with Gasteiger partial charge in [-0.15, -0.1) is 0 Å². The van der Waals surface area contributed by atoms with Gasteiger partial charge < -0.3 is 0 Å². The molecular weight excluding hydrogens is 318 g/mol. The lowest BCUT2D eigenvalue weighted by Crippen LogP contribution is -2.36. The van der Waals surface area contributed by atoms with Gasteiger partial charge in [-0.05, 0) is 67.9 Å². The van der Waals surface area contributed by atoms with Gasteiger partial charge in [0.05, 0.1) is 4.90 Å². The van der Waals surface area contributed by atoms with E-state index in [-0.39, 0.29) is 5.41 Å². The Balaban J connectivity index is 1.50. The van der Waals surface area contributed by atoms with E-state index in [0.29, 0.717) is 22.8 Å². The van der Waals surface area contributed by atoms with E-state index >= 15 is 0 Å². The predicted octanol–water partition coefficient (Wildman–Crippen LogP) is 3.96. The summed E-state index contributed by atoms with van der Waals surface area (Å²) in [4.78, 5) is 0.406. The van der Waals surface area contributed by atoms with Gasteiger partial charge in [0.15, 0.2) is 0 Å². The highest BCUT2D eigenvalue weighted by molar-refractivity contribution is 7.89. The smallest absolute Gasteiger partial charge is 0.263 e. The van der Waals surface area contributed by atoms with Crippen LogP contribution in [-0.2, 0) is 10.0 Å². The van der Waals surface area contributed by atoms with Gasteiger partial charge in [0, 0.05) is 18.2 Å². The number of fused-ring (bicyclic) bond motifs is 1. The summed E-state index contributed by atoms with van der Waals surface area (Å²) in [5.41, 5.74) is 1.52. The first-order valence-corrected chi connectivity index (χ1v) is 10.6. The molecule has 0 spiro atoms. The molecule has 5 rings (SSSR count). The number of rotatable bonds is 4. The fourth-order valence-corrected chi connectivity index (χ4v) is 7.07. The average Bonchev–Trinajstić information content (AvgIpc) is 3.40. The van der Waals surface area contributed by atoms with E-state index in [4.69, 9.17) is 0 Å². The fourth-order valence-electron chi connectivity index (χ4n) is 5.66. The largest absolute Gasteiger partial charge is 0.273 e. The molecule has 3 nitrogen and oxygen atoms in total. The van der Waals surface area contributed by atoms with Gasteiger partial charge in [-0.2, -0.15) is 0 Å². The van der Waals surface area contributed by atoms with E-state index < -0.39 is 10.0 Å². The molecule has 1 aromatic carbocycles. The van der Waals surface area contributed by atoms with Crippen molar-refractivity contribution in [2.75, 3.05) is 6.54 Å². The van der Waals surface area contributed by atoms with Crippen molar-refractivity contribution in [3.63, 3.8) is 0 Å². The molecule has 128 valence electrons. The standard InChI is InChI=1S/C20H25NO2S/c1-14-3-9-17(10-4-14)24(22,23)21-12-11-20(16-7-8-16)18(15-5-6-15)19(20,2)13-21/h3-4,9-12,15-16,18H,5-8,13H2,1-2H3. The number of hydrogen-bond donors (Lipinski definition) is 0. The second kappa shape index (κ2) is 4.46. The quantitative estimate of drug-likeness (QED) is 0.830. The lowest BCUT2D eigenvalue weighted by molar-refractivity contribution is 0.302. The number of sulfonamides is 1. The van der Waals surface area contributed by atoms with Crippen LogP contribution >= 0.6 is 0 Å². The highest BCUT2D eigenvalue weighted by Gasteiger charge is 2.80. The minimum Gasteiger partial charge on any atom is -0.273 e. The molecule has 0 bridgehead atoms. The van der Waals surface area contributed by atoms with Crippen molar-refractivity contribution in [2.24, 2.45) is 28.6 Å². The van der Waals surface area contributed by atoms with Gasteiger partial charge in [0.1, 0.15) is 0 Å². The van der Waals surface area contributed by atoms with Gasteiger partial charge in [0.25, 0.3) is 10.0 Å². The Kier molecular flexibility index (Phi) is 2.79. The molecule has 0 amide bonds. The van der Waals surface area contributed by atoms with E-state index in [1.165, 1.54) is 25.7 Å². The van der Waals surface area contributed by atoms with Crippen molar-refractivity contribution in [3.05, 3.63) is 42.1 Å². The summed E-state index contributed by atoms with van der Waals surface area (Å²) in [7, 11) is -3.44. The fraction of sp³-hybridized carbons (Fsp3) is 0.600. The number of nitrogens with zero attached hydrogens (tertiary/aromatic N) is 1. The second-order valence-corrected chi connectivity index (χ2v) is 10.5. The SMILES string of the molecule is Cc1ccc(S(=O)(=O)N2C=CC3(C4CC4)C(C4CC4)C3(C)C2)cc1. The zero-order chi connectivity index (χ0) is 16.7.